The van der Waals surface area contributed by atoms with Gasteiger partial charge in [-0.2, -0.15) is 0 Å². The van der Waals surface area contributed by atoms with Crippen LogP contribution in [0.1, 0.15) is 12.8 Å². The number of para-hydroxylation sites is 1. The SMILES string of the molecule is CN1CCN(c2cccc(S(=O)(=O)c3cnc4c(N5CCC(C(=O)O)CC5)cccc4c3)c2)CC1. The van der Waals surface area contributed by atoms with Crippen molar-refractivity contribution in [1.82, 2.24) is 9.88 Å². The summed E-state index contributed by atoms with van der Waals surface area (Å²) in [4.78, 5) is 22.9. The number of likely N-dealkylation sites (N-methyl/N-ethyl adjacent to an activating group) is 1. The minimum Gasteiger partial charge on any atom is -0.481 e. The van der Waals surface area contributed by atoms with Crippen molar-refractivity contribution in [3.63, 3.8) is 0 Å². The van der Waals surface area contributed by atoms with Crippen LogP contribution >= 0.6 is 0 Å². The lowest BCUT2D eigenvalue weighted by molar-refractivity contribution is -0.142. The molecule has 0 spiro atoms. The van der Waals surface area contributed by atoms with E-state index in [1.54, 1.807) is 24.3 Å². The molecule has 3 aromatic rings. The number of aromatic nitrogens is 1. The second-order valence-corrected chi connectivity index (χ2v) is 11.4. The average molecular weight is 495 g/mol. The number of benzene rings is 2. The zero-order valence-corrected chi connectivity index (χ0v) is 20.6. The fourth-order valence-electron chi connectivity index (χ4n) is 4.94. The summed E-state index contributed by atoms with van der Waals surface area (Å²) >= 11 is 0. The maximum absolute atomic E-state index is 13.5. The fourth-order valence-corrected chi connectivity index (χ4v) is 6.22. The van der Waals surface area contributed by atoms with Gasteiger partial charge in [0.1, 0.15) is 0 Å². The molecule has 0 saturated carbocycles. The maximum atomic E-state index is 13.5. The van der Waals surface area contributed by atoms with Crippen molar-refractivity contribution in [3.8, 4) is 0 Å². The summed E-state index contributed by atoms with van der Waals surface area (Å²) in [7, 11) is -1.64. The van der Waals surface area contributed by atoms with Gasteiger partial charge in [0.05, 0.1) is 26.9 Å². The van der Waals surface area contributed by atoms with E-state index < -0.39 is 15.8 Å². The molecule has 1 N–H and O–H groups in total. The number of aliphatic carboxylic acids is 1. The standard InChI is InChI=1S/C26H30N4O4S/c1-28-12-14-29(15-13-28)21-5-3-6-22(17-21)35(33,34)23-16-20-4-2-7-24(25(20)27-18-23)30-10-8-19(9-11-30)26(31)32/h2-7,16-19H,8-15H2,1H3,(H,31,32). The van der Waals surface area contributed by atoms with Gasteiger partial charge >= 0.3 is 5.97 Å². The van der Waals surface area contributed by atoms with Crippen LogP contribution in [0.4, 0.5) is 11.4 Å². The van der Waals surface area contributed by atoms with E-state index in [1.807, 2.05) is 24.3 Å². The van der Waals surface area contributed by atoms with Crippen molar-refractivity contribution in [2.45, 2.75) is 22.6 Å². The van der Waals surface area contributed by atoms with E-state index in [4.69, 9.17) is 0 Å². The van der Waals surface area contributed by atoms with Crippen molar-refractivity contribution < 1.29 is 18.3 Å². The molecule has 2 aliphatic rings. The van der Waals surface area contributed by atoms with Crippen LogP contribution in [-0.2, 0) is 14.6 Å². The molecule has 0 unspecified atom stereocenters. The number of hydrogen-bond donors (Lipinski definition) is 1. The van der Waals surface area contributed by atoms with Crippen LogP contribution < -0.4 is 9.80 Å². The molecule has 0 radical (unpaired) electrons. The van der Waals surface area contributed by atoms with Crippen LogP contribution in [0.2, 0.25) is 0 Å². The highest BCUT2D eigenvalue weighted by molar-refractivity contribution is 7.91. The molecule has 2 aliphatic heterocycles. The number of carboxylic acid groups (broad SMARTS) is 1. The fraction of sp³-hybridized carbons (Fsp3) is 0.385. The third kappa shape index (κ3) is 4.70. The van der Waals surface area contributed by atoms with E-state index in [9.17, 15) is 18.3 Å². The first-order chi connectivity index (χ1) is 16.8. The molecule has 0 bridgehead atoms. The number of carbonyl (C=O) groups is 1. The number of sulfone groups is 1. The van der Waals surface area contributed by atoms with Crippen molar-refractivity contribution in [3.05, 3.63) is 54.7 Å². The third-order valence-corrected chi connectivity index (χ3v) is 8.87. The van der Waals surface area contributed by atoms with Crippen LogP contribution in [0.25, 0.3) is 10.9 Å². The Balaban J connectivity index is 1.42. The number of rotatable bonds is 5. The molecule has 0 aliphatic carbocycles. The van der Waals surface area contributed by atoms with Crippen LogP contribution in [0.15, 0.2) is 64.5 Å². The van der Waals surface area contributed by atoms with E-state index in [0.29, 0.717) is 25.9 Å². The maximum Gasteiger partial charge on any atom is 0.306 e. The summed E-state index contributed by atoms with van der Waals surface area (Å²) in [5.41, 5.74) is 2.55. The zero-order valence-electron chi connectivity index (χ0n) is 19.8. The van der Waals surface area contributed by atoms with Gasteiger partial charge in [0, 0.05) is 56.5 Å². The molecule has 5 rings (SSSR count). The first kappa shape index (κ1) is 23.6. The number of nitrogens with zero attached hydrogens (tertiary/aromatic N) is 4. The third-order valence-electron chi connectivity index (χ3n) is 7.16. The monoisotopic (exact) mass is 494 g/mol. The first-order valence-electron chi connectivity index (χ1n) is 12.0. The number of piperazine rings is 1. The normalized spacial score (nSPS) is 18.2. The predicted molar refractivity (Wildman–Crippen MR) is 136 cm³/mol. The predicted octanol–water partition coefficient (Wildman–Crippen LogP) is 3.12. The highest BCUT2D eigenvalue weighted by atomic mass is 32.2. The topological polar surface area (TPSA) is 94.1 Å². The minimum atomic E-state index is -3.74. The second-order valence-electron chi connectivity index (χ2n) is 9.41. The summed E-state index contributed by atoms with van der Waals surface area (Å²) in [6, 6.07) is 14.6. The van der Waals surface area contributed by atoms with Gasteiger partial charge in [-0.25, -0.2) is 8.42 Å². The van der Waals surface area contributed by atoms with Gasteiger partial charge in [0.25, 0.3) is 0 Å². The highest BCUT2D eigenvalue weighted by Crippen LogP contribution is 2.32. The van der Waals surface area contributed by atoms with E-state index in [0.717, 1.165) is 48.5 Å². The number of anilines is 2. The van der Waals surface area contributed by atoms with Gasteiger partial charge in [-0.05, 0) is 50.2 Å². The average Bonchev–Trinajstić information content (AvgIpc) is 2.88. The zero-order chi connectivity index (χ0) is 24.6. The largest absolute Gasteiger partial charge is 0.481 e. The first-order valence-corrected chi connectivity index (χ1v) is 13.5. The van der Waals surface area contributed by atoms with Gasteiger partial charge in [-0.15, -0.1) is 0 Å². The number of carboxylic acids is 1. The molecule has 2 fully saturated rings. The Morgan fingerprint density at radius 2 is 1.63 bits per heavy atom. The lowest BCUT2D eigenvalue weighted by Crippen LogP contribution is -2.44. The molecule has 2 saturated heterocycles. The van der Waals surface area contributed by atoms with Gasteiger partial charge in [-0.1, -0.05) is 18.2 Å². The number of fused-ring (bicyclic) bond motifs is 1. The lowest BCUT2D eigenvalue weighted by atomic mass is 9.96. The van der Waals surface area contributed by atoms with E-state index in [1.165, 1.54) is 6.20 Å². The van der Waals surface area contributed by atoms with Gasteiger partial charge < -0.3 is 19.8 Å². The van der Waals surface area contributed by atoms with E-state index >= 15 is 0 Å². The molecule has 9 heteroatoms. The molecule has 1 aromatic heterocycles. The number of hydrogen-bond acceptors (Lipinski definition) is 7. The molecule has 0 amide bonds. The minimum absolute atomic E-state index is 0.169. The Morgan fingerprint density at radius 1 is 0.914 bits per heavy atom. The van der Waals surface area contributed by atoms with Crippen molar-refractivity contribution in [1.29, 1.82) is 0 Å². The Hall–Kier alpha value is -3.17. The Bertz CT molecular complexity index is 1340. The summed E-state index contributed by atoms with van der Waals surface area (Å²) in [6.07, 6.45) is 2.61. The van der Waals surface area contributed by atoms with Crippen LogP contribution in [-0.4, -0.2) is 75.7 Å². The number of piperidine rings is 1. The van der Waals surface area contributed by atoms with Gasteiger partial charge in [0.15, 0.2) is 0 Å². The van der Waals surface area contributed by atoms with E-state index in [-0.39, 0.29) is 15.7 Å². The molecule has 2 aromatic carbocycles. The molecular formula is C26H30N4O4S. The summed E-state index contributed by atoms with van der Waals surface area (Å²) in [5.74, 6) is -1.06. The summed E-state index contributed by atoms with van der Waals surface area (Å²) in [6.45, 7) is 4.89. The van der Waals surface area contributed by atoms with Crippen molar-refractivity contribution in [2.24, 2.45) is 5.92 Å². The Labute approximate surface area is 205 Å². The lowest BCUT2D eigenvalue weighted by Gasteiger charge is -2.34. The Morgan fingerprint density at radius 3 is 2.34 bits per heavy atom. The Kier molecular flexibility index (Phi) is 6.37. The smallest absolute Gasteiger partial charge is 0.306 e. The van der Waals surface area contributed by atoms with E-state index in [2.05, 4.69) is 26.7 Å². The van der Waals surface area contributed by atoms with Crippen LogP contribution in [0.3, 0.4) is 0 Å². The summed E-state index contributed by atoms with van der Waals surface area (Å²) in [5, 5.41) is 10.0. The van der Waals surface area contributed by atoms with Crippen molar-refractivity contribution in [2.75, 3.05) is 56.1 Å². The second kappa shape index (κ2) is 9.47. The quantitative estimate of drug-likeness (QED) is 0.578. The molecule has 8 nitrogen and oxygen atoms in total. The van der Waals surface area contributed by atoms with Crippen LogP contribution in [0, 0.1) is 5.92 Å². The molecule has 3 heterocycles. The molecule has 184 valence electrons. The molecule has 0 atom stereocenters. The number of pyridine rings is 1. The van der Waals surface area contributed by atoms with Crippen LogP contribution in [0.5, 0.6) is 0 Å². The highest BCUT2D eigenvalue weighted by Gasteiger charge is 2.26. The van der Waals surface area contributed by atoms with Gasteiger partial charge in [-0.3, -0.25) is 9.78 Å². The van der Waals surface area contributed by atoms with Crippen molar-refractivity contribution >= 4 is 38.1 Å². The molecule has 35 heavy (non-hydrogen) atoms. The summed E-state index contributed by atoms with van der Waals surface area (Å²) < 4.78 is 27.0. The molecular weight excluding hydrogens is 464 g/mol. The van der Waals surface area contributed by atoms with Gasteiger partial charge in [0.2, 0.25) is 9.84 Å².